The van der Waals surface area contributed by atoms with Crippen LogP contribution >= 0.6 is 11.6 Å². The first kappa shape index (κ1) is 23.4. The Kier molecular flexibility index (Phi) is 6.61. The lowest BCUT2D eigenvalue weighted by atomic mass is 10.2. The molecule has 0 saturated carbocycles. The number of nitrogens with one attached hydrogen (secondary N) is 1. The molecule has 0 spiro atoms. The summed E-state index contributed by atoms with van der Waals surface area (Å²) in [5.41, 5.74) is 0.192. The van der Waals surface area contributed by atoms with Crippen LogP contribution in [-0.2, 0) is 11.0 Å². The third-order valence-electron chi connectivity index (χ3n) is 4.83. The van der Waals surface area contributed by atoms with Crippen molar-refractivity contribution in [3.05, 3.63) is 89.4 Å². The maximum Gasteiger partial charge on any atom is 0.416 e. The minimum absolute atomic E-state index is 0.238. The Balaban J connectivity index is 1.34. The number of ether oxygens (including phenoxy) is 2. The van der Waals surface area contributed by atoms with Crippen LogP contribution in [0.5, 0.6) is 17.4 Å². The first-order valence-electron chi connectivity index (χ1n) is 10.2. The molecule has 0 aliphatic heterocycles. The van der Waals surface area contributed by atoms with Gasteiger partial charge in [-0.15, -0.1) is 0 Å². The molecular formula is C25H18ClF3N2O3. The Hall–Kier alpha value is -3.78. The lowest BCUT2D eigenvalue weighted by molar-refractivity contribution is -0.137. The Bertz CT molecular complexity index is 1310. The minimum Gasteiger partial charge on any atom is -0.481 e. The Morgan fingerprint density at radius 2 is 1.62 bits per heavy atom. The summed E-state index contributed by atoms with van der Waals surface area (Å²) >= 11 is 5.99. The van der Waals surface area contributed by atoms with Crippen molar-refractivity contribution in [1.82, 2.24) is 4.98 Å². The summed E-state index contributed by atoms with van der Waals surface area (Å²) in [5, 5.41) is 4.05. The molecule has 0 bridgehead atoms. The lowest BCUT2D eigenvalue weighted by Gasteiger charge is -2.15. The predicted octanol–water partition coefficient (Wildman–Crippen LogP) is 7.11. The van der Waals surface area contributed by atoms with Gasteiger partial charge in [0.05, 0.1) is 11.1 Å². The number of anilines is 1. The molecule has 9 heteroatoms. The van der Waals surface area contributed by atoms with Gasteiger partial charge in [0.1, 0.15) is 11.5 Å². The van der Waals surface area contributed by atoms with Crippen LogP contribution < -0.4 is 14.8 Å². The molecular weight excluding hydrogens is 469 g/mol. The second-order valence-electron chi connectivity index (χ2n) is 7.38. The van der Waals surface area contributed by atoms with Crippen molar-refractivity contribution in [2.24, 2.45) is 0 Å². The van der Waals surface area contributed by atoms with Crippen LogP contribution in [0.15, 0.2) is 78.9 Å². The smallest absolute Gasteiger partial charge is 0.416 e. The first-order chi connectivity index (χ1) is 16.2. The molecule has 34 heavy (non-hydrogen) atoms. The molecule has 0 aliphatic rings. The molecule has 3 aromatic carbocycles. The second kappa shape index (κ2) is 9.61. The van der Waals surface area contributed by atoms with E-state index in [2.05, 4.69) is 10.3 Å². The number of rotatable bonds is 6. The average molecular weight is 487 g/mol. The van der Waals surface area contributed by atoms with E-state index in [0.29, 0.717) is 22.4 Å². The normalized spacial score (nSPS) is 12.3. The molecule has 4 rings (SSSR count). The zero-order chi connectivity index (χ0) is 24.3. The average Bonchev–Trinajstić information content (AvgIpc) is 2.80. The number of benzene rings is 3. The van der Waals surface area contributed by atoms with Crippen LogP contribution in [0.3, 0.4) is 0 Å². The number of nitrogens with zero attached hydrogens (tertiary/aromatic N) is 1. The highest BCUT2D eigenvalue weighted by Gasteiger charge is 2.30. The van der Waals surface area contributed by atoms with Crippen molar-refractivity contribution in [3.8, 4) is 17.4 Å². The molecule has 0 saturated heterocycles. The predicted molar refractivity (Wildman–Crippen MR) is 123 cm³/mol. The number of fused-ring (bicyclic) bond motifs is 1. The summed E-state index contributed by atoms with van der Waals surface area (Å²) in [5.74, 6) is 0.854. The number of carbonyl (C=O) groups excluding carboxylic acids is 1. The highest BCUT2D eigenvalue weighted by atomic mass is 35.5. The molecule has 1 atom stereocenters. The summed E-state index contributed by atoms with van der Waals surface area (Å²) in [4.78, 5) is 16.8. The third kappa shape index (κ3) is 5.77. The van der Waals surface area contributed by atoms with Crippen molar-refractivity contribution in [2.45, 2.75) is 19.2 Å². The molecule has 0 aliphatic carbocycles. The van der Waals surface area contributed by atoms with E-state index in [4.69, 9.17) is 21.1 Å². The molecule has 5 nitrogen and oxygen atoms in total. The van der Waals surface area contributed by atoms with E-state index in [1.165, 1.54) is 19.1 Å². The Labute approximate surface area is 198 Å². The van der Waals surface area contributed by atoms with Crippen molar-refractivity contribution in [1.29, 1.82) is 0 Å². The topological polar surface area (TPSA) is 60.5 Å². The van der Waals surface area contributed by atoms with Gasteiger partial charge in [0.15, 0.2) is 6.10 Å². The van der Waals surface area contributed by atoms with Gasteiger partial charge in [-0.05, 0) is 79.7 Å². The van der Waals surface area contributed by atoms with Crippen LogP contribution in [0.25, 0.3) is 10.9 Å². The zero-order valence-electron chi connectivity index (χ0n) is 17.8. The summed E-state index contributed by atoms with van der Waals surface area (Å²) in [6.45, 7) is 1.54. The number of halogens is 4. The zero-order valence-corrected chi connectivity index (χ0v) is 18.5. The van der Waals surface area contributed by atoms with Crippen LogP contribution in [0.4, 0.5) is 18.9 Å². The molecule has 1 aromatic heterocycles. The third-order valence-corrected chi connectivity index (χ3v) is 5.07. The van der Waals surface area contributed by atoms with Gasteiger partial charge in [-0.3, -0.25) is 4.79 Å². The monoisotopic (exact) mass is 486 g/mol. The fourth-order valence-electron chi connectivity index (χ4n) is 3.09. The van der Waals surface area contributed by atoms with E-state index in [0.717, 1.165) is 23.0 Å². The largest absolute Gasteiger partial charge is 0.481 e. The summed E-state index contributed by atoms with van der Waals surface area (Å²) in [7, 11) is 0. The number of hydrogen-bond donors (Lipinski definition) is 1. The maximum absolute atomic E-state index is 12.7. The quantitative estimate of drug-likeness (QED) is 0.315. The summed E-state index contributed by atoms with van der Waals surface area (Å²) in [6, 6.07) is 19.8. The van der Waals surface area contributed by atoms with Gasteiger partial charge in [-0.25, -0.2) is 4.98 Å². The molecule has 1 unspecified atom stereocenters. The number of carbonyl (C=O) groups is 1. The van der Waals surface area contributed by atoms with Crippen LogP contribution in [0, 0.1) is 0 Å². The van der Waals surface area contributed by atoms with Crippen molar-refractivity contribution >= 4 is 34.1 Å². The standard InChI is InChI=1S/C25H18ClF3N2O3/c1-15(24(32)30-19-6-3-17(4-7-19)25(27,28)29)33-20-8-10-21(11-9-20)34-23-13-2-16-14-18(26)5-12-22(16)31-23/h2-15H,1H3,(H,30,32). The number of amides is 1. The van der Waals surface area contributed by atoms with Gasteiger partial charge in [0, 0.05) is 22.2 Å². The highest BCUT2D eigenvalue weighted by Crippen LogP contribution is 2.30. The fourth-order valence-corrected chi connectivity index (χ4v) is 3.27. The van der Waals surface area contributed by atoms with Crippen LogP contribution in [-0.4, -0.2) is 17.0 Å². The van der Waals surface area contributed by atoms with Gasteiger partial charge in [0.25, 0.3) is 5.91 Å². The van der Waals surface area contributed by atoms with Crippen molar-refractivity contribution in [2.75, 3.05) is 5.32 Å². The molecule has 1 N–H and O–H groups in total. The minimum atomic E-state index is -4.44. The number of hydrogen-bond acceptors (Lipinski definition) is 4. The molecule has 1 heterocycles. The molecule has 0 radical (unpaired) electrons. The van der Waals surface area contributed by atoms with Crippen LogP contribution in [0.2, 0.25) is 5.02 Å². The van der Waals surface area contributed by atoms with E-state index < -0.39 is 23.8 Å². The number of pyridine rings is 1. The summed E-state index contributed by atoms with van der Waals surface area (Å²) < 4.78 is 49.4. The van der Waals surface area contributed by atoms with Crippen LogP contribution in [0.1, 0.15) is 12.5 Å². The second-order valence-corrected chi connectivity index (χ2v) is 7.82. The number of alkyl halides is 3. The fraction of sp³-hybridized carbons (Fsp3) is 0.120. The maximum atomic E-state index is 12.7. The number of aromatic nitrogens is 1. The van der Waals surface area contributed by atoms with E-state index in [1.807, 2.05) is 12.1 Å². The van der Waals surface area contributed by atoms with Crippen molar-refractivity contribution < 1.29 is 27.4 Å². The van der Waals surface area contributed by atoms with E-state index >= 15 is 0 Å². The molecule has 0 fully saturated rings. The lowest BCUT2D eigenvalue weighted by Crippen LogP contribution is -2.30. The van der Waals surface area contributed by atoms with E-state index in [-0.39, 0.29) is 5.69 Å². The SMILES string of the molecule is CC(Oc1ccc(Oc2ccc3cc(Cl)ccc3n2)cc1)C(=O)Nc1ccc(C(F)(F)F)cc1. The van der Waals surface area contributed by atoms with Gasteiger partial charge >= 0.3 is 6.18 Å². The van der Waals surface area contributed by atoms with Crippen molar-refractivity contribution in [3.63, 3.8) is 0 Å². The van der Waals surface area contributed by atoms with E-state index in [1.54, 1.807) is 42.5 Å². The van der Waals surface area contributed by atoms with Gasteiger partial charge in [0.2, 0.25) is 5.88 Å². The van der Waals surface area contributed by atoms with Gasteiger partial charge in [-0.1, -0.05) is 11.6 Å². The van der Waals surface area contributed by atoms with Gasteiger partial charge < -0.3 is 14.8 Å². The summed E-state index contributed by atoms with van der Waals surface area (Å²) in [6.07, 6.45) is -5.32. The molecule has 4 aromatic rings. The van der Waals surface area contributed by atoms with Gasteiger partial charge in [-0.2, -0.15) is 13.2 Å². The first-order valence-corrected chi connectivity index (χ1v) is 10.5. The Morgan fingerprint density at radius 3 is 2.29 bits per heavy atom. The van der Waals surface area contributed by atoms with E-state index in [9.17, 15) is 18.0 Å². The highest BCUT2D eigenvalue weighted by molar-refractivity contribution is 6.31. The Morgan fingerprint density at radius 1 is 0.941 bits per heavy atom. The molecule has 1 amide bonds. The molecule has 174 valence electrons.